The molecular weight excluding hydrogens is 110 g/mol. The molecule has 0 aromatic rings. The summed E-state index contributed by atoms with van der Waals surface area (Å²) < 4.78 is 4.19. The Morgan fingerprint density at radius 3 is 2.38 bits per heavy atom. The molecule has 4 heteroatoms. The van der Waals surface area contributed by atoms with Crippen molar-refractivity contribution < 1.29 is 14.6 Å². The maximum absolute atomic E-state index is 10.0. The summed E-state index contributed by atoms with van der Waals surface area (Å²) in [4.78, 5) is 10.0. The Hall–Kier alpha value is -0.610. The van der Waals surface area contributed by atoms with Crippen LogP contribution in [0.5, 0.6) is 0 Å². The number of carbonyl (C=O) groups is 1. The van der Waals surface area contributed by atoms with Gasteiger partial charge < -0.3 is 16.0 Å². The predicted octanol–water partition coefficient (Wildman–Crippen LogP) is -0.296. The molecule has 0 aromatic carbocycles. The largest absolute Gasteiger partial charge is 0.469 e. The van der Waals surface area contributed by atoms with Crippen LogP contribution in [0.15, 0.2) is 0 Å². The van der Waals surface area contributed by atoms with Gasteiger partial charge in [0, 0.05) is 0 Å². The second-order valence-corrected chi connectivity index (χ2v) is 1.05. The number of hydrogen-bond donors (Lipinski definition) is 2. The zero-order valence-electron chi connectivity index (χ0n) is 4.89. The minimum Gasteiger partial charge on any atom is -0.469 e. The van der Waals surface area contributed by atoms with E-state index in [1.165, 1.54) is 7.11 Å². The van der Waals surface area contributed by atoms with Gasteiger partial charge in [-0.25, -0.2) is 0 Å². The van der Waals surface area contributed by atoms with Gasteiger partial charge in [-0.3, -0.25) is 4.79 Å². The Morgan fingerprint density at radius 1 is 1.75 bits per heavy atom. The van der Waals surface area contributed by atoms with Crippen molar-refractivity contribution in [3.63, 3.8) is 0 Å². The number of esters is 1. The summed E-state index contributed by atoms with van der Waals surface area (Å²) in [5, 5.41) is 8.07. The first-order valence-electron chi connectivity index (χ1n) is 1.99. The normalized spacial score (nSPS) is 7.25. The highest BCUT2D eigenvalue weighted by Gasteiger charge is 1.93. The zero-order chi connectivity index (χ0) is 5.70. The molecule has 0 amide bonds. The quantitative estimate of drug-likeness (QED) is 0.491. The predicted molar refractivity (Wildman–Crippen MR) is 28.7 cm³/mol. The van der Waals surface area contributed by atoms with E-state index in [1.807, 2.05) is 0 Å². The monoisotopic (exact) mass is 121 g/mol. The summed E-state index contributed by atoms with van der Waals surface area (Å²) in [6.07, 6.45) is 0.0938. The first-order valence-corrected chi connectivity index (χ1v) is 1.99. The molecule has 0 aromatic heterocycles. The minimum atomic E-state index is -0.373. The fourth-order valence-electron chi connectivity index (χ4n) is 0.193. The number of methoxy groups -OCH3 is 1. The molecular formula is C4H11NO3. The van der Waals surface area contributed by atoms with Gasteiger partial charge in [-0.2, -0.15) is 0 Å². The average molecular weight is 121 g/mol. The first kappa shape index (κ1) is 10.4. The van der Waals surface area contributed by atoms with Gasteiger partial charge in [0.2, 0.25) is 0 Å². The third-order valence-corrected chi connectivity index (χ3v) is 0.544. The van der Waals surface area contributed by atoms with Crippen molar-refractivity contribution in [1.82, 2.24) is 6.15 Å². The van der Waals surface area contributed by atoms with Gasteiger partial charge in [0.15, 0.2) is 0 Å². The van der Waals surface area contributed by atoms with E-state index in [0.717, 1.165) is 0 Å². The maximum Gasteiger partial charge on any atom is 0.307 e. The standard InChI is InChI=1S/C4H8O3.H3N/c1-7-4(6)2-3-5;/h5H,2-3H2,1H3;1H3. The summed E-state index contributed by atoms with van der Waals surface area (Å²) in [6, 6.07) is 0. The van der Waals surface area contributed by atoms with Crippen molar-refractivity contribution >= 4 is 5.97 Å². The molecule has 0 heterocycles. The van der Waals surface area contributed by atoms with Crippen LogP contribution in [-0.4, -0.2) is 24.8 Å². The lowest BCUT2D eigenvalue weighted by Gasteiger charge is -1.90. The van der Waals surface area contributed by atoms with Gasteiger partial charge in [0.05, 0.1) is 20.1 Å². The van der Waals surface area contributed by atoms with Crippen molar-refractivity contribution in [2.75, 3.05) is 13.7 Å². The summed E-state index contributed by atoms with van der Waals surface area (Å²) in [7, 11) is 1.29. The van der Waals surface area contributed by atoms with E-state index < -0.39 is 0 Å². The van der Waals surface area contributed by atoms with Crippen molar-refractivity contribution in [1.29, 1.82) is 0 Å². The molecule has 0 aliphatic rings. The van der Waals surface area contributed by atoms with Crippen LogP contribution in [0, 0.1) is 0 Å². The van der Waals surface area contributed by atoms with E-state index in [4.69, 9.17) is 5.11 Å². The van der Waals surface area contributed by atoms with Crippen LogP contribution in [0.25, 0.3) is 0 Å². The maximum atomic E-state index is 10.0. The molecule has 0 fully saturated rings. The van der Waals surface area contributed by atoms with E-state index in [1.54, 1.807) is 0 Å². The Kier molecular flexibility index (Phi) is 8.30. The topological polar surface area (TPSA) is 81.5 Å². The highest BCUT2D eigenvalue weighted by molar-refractivity contribution is 5.69. The van der Waals surface area contributed by atoms with Crippen LogP contribution in [0.1, 0.15) is 6.42 Å². The van der Waals surface area contributed by atoms with Crippen LogP contribution in [0.3, 0.4) is 0 Å². The number of rotatable bonds is 2. The van der Waals surface area contributed by atoms with E-state index >= 15 is 0 Å². The molecule has 0 aliphatic carbocycles. The minimum absolute atomic E-state index is 0. The third kappa shape index (κ3) is 5.39. The van der Waals surface area contributed by atoms with Crippen LogP contribution < -0.4 is 6.15 Å². The number of hydrogen-bond acceptors (Lipinski definition) is 4. The Bertz CT molecular complexity index is 64.3. The SMILES string of the molecule is COC(=O)CCO.N. The Balaban J connectivity index is 0. The molecule has 0 atom stereocenters. The van der Waals surface area contributed by atoms with Gasteiger partial charge >= 0.3 is 5.97 Å². The molecule has 0 saturated carbocycles. The van der Waals surface area contributed by atoms with Gasteiger partial charge in [-0.15, -0.1) is 0 Å². The number of carbonyl (C=O) groups excluding carboxylic acids is 1. The van der Waals surface area contributed by atoms with E-state index in [-0.39, 0.29) is 25.1 Å². The molecule has 0 rings (SSSR count). The molecule has 0 unspecified atom stereocenters. The van der Waals surface area contributed by atoms with E-state index in [9.17, 15) is 4.79 Å². The van der Waals surface area contributed by atoms with Crippen molar-refractivity contribution in [3.8, 4) is 0 Å². The molecule has 8 heavy (non-hydrogen) atoms. The summed E-state index contributed by atoms with van der Waals surface area (Å²) in [5.41, 5.74) is 0. The van der Waals surface area contributed by atoms with Crippen molar-refractivity contribution in [2.24, 2.45) is 0 Å². The number of aliphatic hydroxyl groups is 1. The smallest absolute Gasteiger partial charge is 0.307 e. The summed E-state index contributed by atoms with van der Waals surface area (Å²) in [5.74, 6) is -0.373. The molecule has 50 valence electrons. The molecule has 0 saturated heterocycles. The van der Waals surface area contributed by atoms with Crippen molar-refractivity contribution in [2.45, 2.75) is 6.42 Å². The second-order valence-electron chi connectivity index (χ2n) is 1.05. The van der Waals surface area contributed by atoms with E-state index in [2.05, 4.69) is 4.74 Å². The van der Waals surface area contributed by atoms with Gasteiger partial charge in [0.25, 0.3) is 0 Å². The van der Waals surface area contributed by atoms with Crippen molar-refractivity contribution in [3.05, 3.63) is 0 Å². The van der Waals surface area contributed by atoms with Crippen LogP contribution >= 0.6 is 0 Å². The molecule has 4 nitrogen and oxygen atoms in total. The van der Waals surface area contributed by atoms with Crippen LogP contribution in [0.2, 0.25) is 0 Å². The average Bonchev–Trinajstić information content (AvgIpc) is 1.68. The fourth-order valence-corrected chi connectivity index (χ4v) is 0.193. The van der Waals surface area contributed by atoms with Gasteiger partial charge in [0.1, 0.15) is 0 Å². The first-order chi connectivity index (χ1) is 3.31. The molecule has 0 radical (unpaired) electrons. The molecule has 0 aliphatic heterocycles. The highest BCUT2D eigenvalue weighted by atomic mass is 16.5. The lowest BCUT2D eigenvalue weighted by Crippen LogP contribution is -2.01. The lowest BCUT2D eigenvalue weighted by molar-refractivity contribution is -0.141. The van der Waals surface area contributed by atoms with Gasteiger partial charge in [-0.1, -0.05) is 0 Å². The van der Waals surface area contributed by atoms with Gasteiger partial charge in [-0.05, 0) is 0 Å². The van der Waals surface area contributed by atoms with E-state index in [0.29, 0.717) is 0 Å². The summed E-state index contributed by atoms with van der Waals surface area (Å²) >= 11 is 0. The van der Waals surface area contributed by atoms with Crippen LogP contribution in [0.4, 0.5) is 0 Å². The molecule has 0 bridgehead atoms. The summed E-state index contributed by atoms with van der Waals surface area (Å²) in [6.45, 7) is -0.132. The Morgan fingerprint density at radius 2 is 2.25 bits per heavy atom. The fraction of sp³-hybridized carbons (Fsp3) is 0.750. The zero-order valence-corrected chi connectivity index (χ0v) is 4.89. The number of ether oxygens (including phenoxy) is 1. The number of aliphatic hydroxyl groups excluding tert-OH is 1. The molecule has 4 N–H and O–H groups in total. The molecule has 0 spiro atoms. The highest BCUT2D eigenvalue weighted by Crippen LogP contribution is 1.78. The Labute approximate surface area is 48.0 Å². The second kappa shape index (κ2) is 6.39. The lowest BCUT2D eigenvalue weighted by atomic mass is 10.5. The third-order valence-electron chi connectivity index (χ3n) is 0.544. The van der Waals surface area contributed by atoms with Crippen LogP contribution in [-0.2, 0) is 9.53 Å².